The monoisotopic (exact) mass is 237 g/mol. The molecular formula is C11H11NO3S. The first-order valence-corrected chi connectivity index (χ1v) is 5.75. The molecule has 0 aromatic carbocycles. The topological polar surface area (TPSA) is 57.6 Å². The van der Waals surface area contributed by atoms with E-state index in [2.05, 4.69) is 6.58 Å². The van der Waals surface area contributed by atoms with Crippen LogP contribution in [0.4, 0.5) is 0 Å². The number of rotatable bonds is 2. The van der Waals surface area contributed by atoms with Gasteiger partial charge >= 0.3 is 5.97 Å². The molecule has 1 atom stereocenters. The normalized spacial score (nSPS) is 19.0. The lowest BCUT2D eigenvalue weighted by molar-refractivity contribution is -0.149. The van der Waals surface area contributed by atoms with E-state index in [1.807, 2.05) is 5.38 Å². The molecule has 0 bridgehead atoms. The average Bonchev–Trinajstić information content (AvgIpc) is 2.73. The SMILES string of the molecule is C=CC(=O)N1CCc2sccc2C1C(=O)O. The minimum atomic E-state index is -0.991. The van der Waals surface area contributed by atoms with Crippen molar-refractivity contribution in [2.75, 3.05) is 6.54 Å². The molecule has 0 aliphatic carbocycles. The summed E-state index contributed by atoms with van der Waals surface area (Å²) in [6.07, 6.45) is 1.88. The van der Waals surface area contributed by atoms with Gasteiger partial charge in [-0.05, 0) is 29.5 Å². The first kappa shape index (κ1) is 10.9. The molecule has 2 rings (SSSR count). The lowest BCUT2D eigenvalue weighted by Crippen LogP contribution is -2.42. The third kappa shape index (κ3) is 1.63. The largest absolute Gasteiger partial charge is 0.479 e. The Labute approximate surface area is 96.8 Å². The van der Waals surface area contributed by atoms with Crippen LogP contribution in [0.1, 0.15) is 16.5 Å². The highest BCUT2D eigenvalue weighted by molar-refractivity contribution is 7.10. The maximum absolute atomic E-state index is 11.6. The fraction of sp³-hybridized carbons (Fsp3) is 0.273. The number of carbonyl (C=O) groups excluding carboxylic acids is 1. The highest BCUT2D eigenvalue weighted by atomic mass is 32.1. The summed E-state index contributed by atoms with van der Waals surface area (Å²) >= 11 is 1.54. The molecule has 1 N–H and O–H groups in total. The van der Waals surface area contributed by atoms with Crippen molar-refractivity contribution in [1.29, 1.82) is 0 Å². The average molecular weight is 237 g/mol. The van der Waals surface area contributed by atoms with E-state index in [1.54, 1.807) is 17.4 Å². The quantitative estimate of drug-likeness (QED) is 0.792. The van der Waals surface area contributed by atoms with Crippen molar-refractivity contribution < 1.29 is 14.7 Å². The van der Waals surface area contributed by atoms with Gasteiger partial charge in [-0.25, -0.2) is 4.79 Å². The van der Waals surface area contributed by atoms with Crippen LogP contribution < -0.4 is 0 Å². The van der Waals surface area contributed by atoms with E-state index in [4.69, 9.17) is 0 Å². The first-order valence-electron chi connectivity index (χ1n) is 4.87. The summed E-state index contributed by atoms with van der Waals surface area (Å²) in [7, 11) is 0. The minimum Gasteiger partial charge on any atom is -0.479 e. The molecule has 2 heterocycles. The standard InChI is InChI=1S/C11H11NO3S/c1-2-9(13)12-5-3-8-7(4-6-16-8)10(12)11(14)15/h2,4,6,10H,1,3,5H2,(H,14,15). The van der Waals surface area contributed by atoms with Crippen LogP contribution in [-0.2, 0) is 16.0 Å². The van der Waals surface area contributed by atoms with E-state index in [-0.39, 0.29) is 5.91 Å². The molecule has 1 aliphatic rings. The number of thiophene rings is 1. The molecular weight excluding hydrogens is 226 g/mol. The summed E-state index contributed by atoms with van der Waals surface area (Å²) in [4.78, 5) is 25.2. The van der Waals surface area contributed by atoms with Crippen LogP contribution in [0.3, 0.4) is 0 Å². The van der Waals surface area contributed by atoms with E-state index in [0.29, 0.717) is 6.54 Å². The van der Waals surface area contributed by atoms with Gasteiger partial charge in [-0.1, -0.05) is 6.58 Å². The van der Waals surface area contributed by atoms with Crippen molar-refractivity contribution >= 4 is 23.2 Å². The molecule has 1 amide bonds. The zero-order valence-corrected chi connectivity index (χ0v) is 9.37. The van der Waals surface area contributed by atoms with Gasteiger partial charge in [0.05, 0.1) is 0 Å². The number of fused-ring (bicyclic) bond motifs is 1. The minimum absolute atomic E-state index is 0.329. The molecule has 0 fully saturated rings. The Morgan fingerprint density at radius 3 is 3.00 bits per heavy atom. The number of aliphatic carboxylic acids is 1. The summed E-state index contributed by atoms with van der Waals surface area (Å²) in [5.41, 5.74) is 0.735. The van der Waals surface area contributed by atoms with Crippen LogP contribution in [-0.4, -0.2) is 28.4 Å². The third-order valence-electron chi connectivity index (χ3n) is 2.66. The second-order valence-electron chi connectivity index (χ2n) is 3.53. The molecule has 5 heteroatoms. The van der Waals surface area contributed by atoms with E-state index < -0.39 is 12.0 Å². The summed E-state index contributed by atoms with van der Waals surface area (Å²) in [5.74, 6) is -1.32. The van der Waals surface area contributed by atoms with Crippen LogP contribution in [0.5, 0.6) is 0 Å². The molecule has 0 saturated carbocycles. The van der Waals surface area contributed by atoms with Gasteiger partial charge in [0, 0.05) is 11.4 Å². The summed E-state index contributed by atoms with van der Waals surface area (Å²) in [6.45, 7) is 3.83. The van der Waals surface area contributed by atoms with Gasteiger partial charge in [-0.2, -0.15) is 0 Å². The highest BCUT2D eigenvalue weighted by Gasteiger charge is 2.35. The van der Waals surface area contributed by atoms with Gasteiger partial charge in [-0.15, -0.1) is 11.3 Å². The number of carboxylic acid groups (broad SMARTS) is 1. The lowest BCUT2D eigenvalue weighted by Gasteiger charge is -2.32. The Balaban J connectivity index is 2.41. The Hall–Kier alpha value is -1.62. The van der Waals surface area contributed by atoms with Crippen LogP contribution >= 0.6 is 11.3 Å². The molecule has 16 heavy (non-hydrogen) atoms. The number of hydrogen-bond donors (Lipinski definition) is 1. The smallest absolute Gasteiger partial charge is 0.331 e. The zero-order chi connectivity index (χ0) is 11.7. The number of carbonyl (C=O) groups is 2. The first-order chi connectivity index (χ1) is 7.65. The summed E-state index contributed by atoms with van der Waals surface area (Å²) < 4.78 is 0. The Kier molecular flexibility index (Phi) is 2.78. The number of carboxylic acids is 1. The van der Waals surface area contributed by atoms with Crippen LogP contribution in [0.25, 0.3) is 0 Å². The molecule has 0 radical (unpaired) electrons. The molecule has 84 valence electrons. The van der Waals surface area contributed by atoms with Gasteiger partial charge in [0.2, 0.25) is 5.91 Å². The van der Waals surface area contributed by atoms with Crippen LogP contribution in [0.15, 0.2) is 24.1 Å². The Morgan fingerprint density at radius 1 is 1.62 bits per heavy atom. The fourth-order valence-electron chi connectivity index (χ4n) is 1.94. The second-order valence-corrected chi connectivity index (χ2v) is 4.53. The lowest BCUT2D eigenvalue weighted by atomic mass is 10.00. The van der Waals surface area contributed by atoms with Crippen molar-refractivity contribution in [2.24, 2.45) is 0 Å². The number of nitrogens with zero attached hydrogens (tertiary/aromatic N) is 1. The summed E-state index contributed by atoms with van der Waals surface area (Å²) in [5, 5.41) is 11.1. The molecule has 4 nitrogen and oxygen atoms in total. The van der Waals surface area contributed by atoms with Gasteiger partial charge in [0.25, 0.3) is 0 Å². The van der Waals surface area contributed by atoms with Crippen molar-refractivity contribution in [1.82, 2.24) is 4.90 Å². The van der Waals surface area contributed by atoms with E-state index in [1.165, 1.54) is 4.90 Å². The third-order valence-corrected chi connectivity index (χ3v) is 3.65. The predicted molar refractivity (Wildman–Crippen MR) is 60.3 cm³/mol. The zero-order valence-electron chi connectivity index (χ0n) is 8.55. The molecule has 0 spiro atoms. The van der Waals surface area contributed by atoms with E-state index in [0.717, 1.165) is 22.9 Å². The van der Waals surface area contributed by atoms with Crippen molar-refractivity contribution in [3.05, 3.63) is 34.5 Å². The predicted octanol–water partition coefficient (Wildman–Crippen LogP) is 1.44. The fourth-order valence-corrected chi connectivity index (χ4v) is 2.84. The van der Waals surface area contributed by atoms with Crippen molar-refractivity contribution in [2.45, 2.75) is 12.5 Å². The van der Waals surface area contributed by atoms with E-state index in [9.17, 15) is 14.7 Å². The van der Waals surface area contributed by atoms with E-state index >= 15 is 0 Å². The molecule has 1 unspecified atom stereocenters. The van der Waals surface area contributed by atoms with Crippen molar-refractivity contribution in [3.63, 3.8) is 0 Å². The Morgan fingerprint density at radius 2 is 2.38 bits per heavy atom. The molecule has 1 aromatic heterocycles. The van der Waals surface area contributed by atoms with Crippen molar-refractivity contribution in [3.8, 4) is 0 Å². The van der Waals surface area contributed by atoms with Crippen LogP contribution in [0.2, 0.25) is 0 Å². The maximum Gasteiger partial charge on any atom is 0.331 e. The molecule has 1 aromatic rings. The maximum atomic E-state index is 11.6. The van der Waals surface area contributed by atoms with Gasteiger partial charge in [0.15, 0.2) is 6.04 Å². The van der Waals surface area contributed by atoms with Gasteiger partial charge < -0.3 is 10.0 Å². The molecule has 1 aliphatic heterocycles. The summed E-state index contributed by atoms with van der Waals surface area (Å²) in [6, 6.07) is 0.918. The number of hydrogen-bond acceptors (Lipinski definition) is 3. The Bertz CT molecular complexity index is 452. The van der Waals surface area contributed by atoms with Crippen LogP contribution in [0, 0.1) is 0 Å². The highest BCUT2D eigenvalue weighted by Crippen LogP contribution is 2.33. The van der Waals surface area contributed by atoms with Gasteiger partial charge in [-0.3, -0.25) is 4.79 Å². The molecule has 0 saturated heterocycles. The number of amides is 1. The van der Waals surface area contributed by atoms with Gasteiger partial charge in [0.1, 0.15) is 0 Å². The second kappa shape index (κ2) is 4.09.